The molecule has 5 aromatic carbocycles. The summed E-state index contributed by atoms with van der Waals surface area (Å²) < 4.78 is 9.10. The monoisotopic (exact) mass is 558 g/mol. The molecule has 0 saturated carbocycles. The second-order valence-electron chi connectivity index (χ2n) is 9.60. The maximum Gasteiger partial charge on any atom is 0.255 e. The first kappa shape index (κ1) is 26.2. The third kappa shape index (κ3) is 5.13. The highest BCUT2D eigenvalue weighted by atomic mass is 35.5. The molecule has 1 heterocycles. The molecule has 41 heavy (non-hydrogen) atoms. The Labute approximate surface area is 242 Å². The fraction of sp³-hybridized carbons (Fsp3) is 0.0588. The summed E-state index contributed by atoms with van der Waals surface area (Å²) in [5.41, 5.74) is 7.18. The Hall–Kier alpha value is -5.07. The van der Waals surface area contributed by atoms with Gasteiger partial charge < -0.3 is 14.6 Å². The van der Waals surface area contributed by atoms with Crippen molar-refractivity contribution in [2.45, 2.75) is 6.54 Å². The highest BCUT2D eigenvalue weighted by Crippen LogP contribution is 2.30. The number of para-hydroxylation sites is 3. The number of hydrogen-bond acceptors (Lipinski definition) is 3. The van der Waals surface area contributed by atoms with E-state index in [9.17, 15) is 4.79 Å². The van der Waals surface area contributed by atoms with E-state index in [4.69, 9.17) is 21.7 Å². The summed E-state index contributed by atoms with van der Waals surface area (Å²) in [5.74, 6) is 0.500. The lowest BCUT2D eigenvalue weighted by atomic mass is 10.0. The number of nitrogens with one attached hydrogen (secondary N) is 2. The standard InChI is InChI=1S/C34H27ClN4O2/c1-41-27-20-16-24(17-21-27)33(40)37-30-11-5-3-9-28(30)23-14-18-26(19-15-23)39-32-13-7-6-12-31(32)38(34(39)36)22-25-8-2-4-10-29(25)35/h2-21,36H,22H2,1H3,(H,37,40). The van der Waals surface area contributed by atoms with Crippen molar-refractivity contribution in [1.29, 1.82) is 5.41 Å². The molecule has 7 heteroatoms. The van der Waals surface area contributed by atoms with E-state index in [1.54, 1.807) is 31.4 Å². The number of halogens is 1. The Morgan fingerprint density at radius 3 is 2.20 bits per heavy atom. The number of fused-ring (bicyclic) bond motifs is 1. The highest BCUT2D eigenvalue weighted by molar-refractivity contribution is 6.31. The number of hydrogen-bond donors (Lipinski definition) is 2. The largest absolute Gasteiger partial charge is 0.497 e. The van der Waals surface area contributed by atoms with Gasteiger partial charge in [0.1, 0.15) is 5.75 Å². The van der Waals surface area contributed by atoms with Crippen LogP contribution in [0.4, 0.5) is 5.69 Å². The first-order valence-corrected chi connectivity index (χ1v) is 13.5. The molecule has 0 fully saturated rings. The summed E-state index contributed by atoms with van der Waals surface area (Å²) in [4.78, 5) is 13.0. The molecule has 1 amide bonds. The third-order valence-corrected chi connectivity index (χ3v) is 7.50. The van der Waals surface area contributed by atoms with Crippen LogP contribution < -0.4 is 15.7 Å². The second-order valence-corrected chi connectivity index (χ2v) is 10.0. The number of aromatic nitrogens is 2. The number of imidazole rings is 1. The van der Waals surface area contributed by atoms with Crippen molar-refractivity contribution in [2.24, 2.45) is 0 Å². The number of carbonyl (C=O) groups is 1. The molecule has 0 saturated heterocycles. The van der Waals surface area contributed by atoms with Crippen molar-refractivity contribution in [3.8, 4) is 22.6 Å². The van der Waals surface area contributed by atoms with Gasteiger partial charge in [-0.1, -0.05) is 72.3 Å². The topological polar surface area (TPSA) is 72.0 Å². The van der Waals surface area contributed by atoms with Gasteiger partial charge in [-0.15, -0.1) is 0 Å². The molecule has 1 aromatic heterocycles. The summed E-state index contributed by atoms with van der Waals surface area (Å²) >= 11 is 6.46. The summed E-state index contributed by atoms with van der Waals surface area (Å²) in [7, 11) is 1.60. The smallest absolute Gasteiger partial charge is 0.255 e. The van der Waals surface area contributed by atoms with Gasteiger partial charge in [-0.3, -0.25) is 14.8 Å². The summed E-state index contributed by atoms with van der Waals surface area (Å²) in [6.07, 6.45) is 0. The number of nitrogens with zero attached hydrogens (tertiary/aromatic N) is 2. The molecule has 0 aliphatic heterocycles. The van der Waals surface area contributed by atoms with E-state index in [1.807, 2.05) is 106 Å². The van der Waals surface area contributed by atoms with Gasteiger partial charge in [0.05, 0.1) is 24.7 Å². The molecule has 0 radical (unpaired) electrons. The van der Waals surface area contributed by atoms with E-state index in [2.05, 4.69) is 5.32 Å². The van der Waals surface area contributed by atoms with Crippen molar-refractivity contribution < 1.29 is 9.53 Å². The number of carbonyl (C=O) groups excluding carboxylic acids is 1. The molecule has 0 bridgehead atoms. The van der Waals surface area contributed by atoms with Crippen molar-refractivity contribution in [3.05, 3.63) is 143 Å². The number of anilines is 1. The van der Waals surface area contributed by atoms with Gasteiger partial charge in [-0.2, -0.15) is 0 Å². The number of methoxy groups -OCH3 is 1. The van der Waals surface area contributed by atoms with Crippen LogP contribution in [-0.2, 0) is 6.54 Å². The Morgan fingerprint density at radius 2 is 1.46 bits per heavy atom. The van der Waals surface area contributed by atoms with Crippen LogP contribution >= 0.6 is 11.6 Å². The maximum absolute atomic E-state index is 13.0. The zero-order valence-corrected chi connectivity index (χ0v) is 23.1. The minimum Gasteiger partial charge on any atom is -0.497 e. The molecule has 0 atom stereocenters. The molecule has 0 unspecified atom stereocenters. The molecule has 202 valence electrons. The minimum atomic E-state index is -0.197. The molecule has 0 spiro atoms. The summed E-state index contributed by atoms with van der Waals surface area (Å²) in [5, 5.41) is 12.8. The molecule has 0 aliphatic rings. The van der Waals surface area contributed by atoms with E-state index in [-0.39, 0.29) is 5.91 Å². The van der Waals surface area contributed by atoms with Crippen molar-refractivity contribution >= 4 is 34.2 Å². The van der Waals surface area contributed by atoms with Crippen LogP contribution in [0.5, 0.6) is 5.75 Å². The van der Waals surface area contributed by atoms with Crippen LogP contribution in [0.15, 0.2) is 121 Å². The van der Waals surface area contributed by atoms with Crippen molar-refractivity contribution in [2.75, 3.05) is 12.4 Å². The molecule has 6 nitrogen and oxygen atoms in total. The Morgan fingerprint density at radius 1 is 0.805 bits per heavy atom. The maximum atomic E-state index is 13.0. The zero-order valence-electron chi connectivity index (χ0n) is 22.3. The molecular weight excluding hydrogens is 532 g/mol. The lowest BCUT2D eigenvalue weighted by Crippen LogP contribution is -2.24. The number of rotatable bonds is 7. The van der Waals surface area contributed by atoms with Crippen LogP contribution in [0.3, 0.4) is 0 Å². The van der Waals surface area contributed by atoms with Crippen molar-refractivity contribution in [1.82, 2.24) is 9.13 Å². The van der Waals surface area contributed by atoms with Gasteiger partial charge in [0.2, 0.25) is 5.62 Å². The summed E-state index contributed by atoms with van der Waals surface area (Å²) in [6.45, 7) is 0.491. The van der Waals surface area contributed by atoms with Gasteiger partial charge in [-0.25, -0.2) is 0 Å². The minimum absolute atomic E-state index is 0.197. The predicted octanol–water partition coefficient (Wildman–Crippen LogP) is 7.54. The van der Waals surface area contributed by atoms with E-state index in [0.717, 1.165) is 33.4 Å². The molecule has 6 rings (SSSR count). The lowest BCUT2D eigenvalue weighted by molar-refractivity contribution is 0.102. The average molecular weight is 559 g/mol. The normalized spacial score (nSPS) is 11.0. The third-order valence-electron chi connectivity index (χ3n) is 7.13. The first-order valence-electron chi connectivity index (χ1n) is 13.2. The second kappa shape index (κ2) is 11.2. The molecule has 6 aromatic rings. The Balaban J connectivity index is 1.33. The average Bonchev–Trinajstić information content (AvgIpc) is 3.29. The van der Waals surface area contributed by atoms with E-state index in [0.29, 0.717) is 34.2 Å². The van der Waals surface area contributed by atoms with E-state index >= 15 is 0 Å². The van der Waals surface area contributed by atoms with Crippen LogP contribution in [0.1, 0.15) is 15.9 Å². The summed E-state index contributed by atoms with van der Waals surface area (Å²) in [6, 6.07) is 38.5. The van der Waals surface area contributed by atoms with Gasteiger partial charge in [0.25, 0.3) is 5.91 Å². The number of ether oxygens (including phenoxy) is 1. The van der Waals surface area contributed by atoms with E-state index < -0.39 is 0 Å². The first-order chi connectivity index (χ1) is 20.0. The molecule has 0 aliphatic carbocycles. The molecule has 2 N–H and O–H groups in total. The predicted molar refractivity (Wildman–Crippen MR) is 164 cm³/mol. The SMILES string of the molecule is COc1ccc(C(=O)Nc2ccccc2-c2ccc(-n3c(=N)n(Cc4ccccc4Cl)c4ccccc43)cc2)cc1. The Bertz CT molecular complexity index is 1920. The number of benzene rings is 5. The van der Waals surface area contributed by atoms with Crippen LogP contribution in [-0.4, -0.2) is 22.2 Å². The van der Waals surface area contributed by atoms with Gasteiger partial charge in [0.15, 0.2) is 0 Å². The van der Waals surface area contributed by atoms with Crippen LogP contribution in [0.25, 0.3) is 27.8 Å². The number of amides is 1. The lowest BCUT2D eigenvalue weighted by Gasteiger charge is -2.13. The fourth-order valence-electron chi connectivity index (χ4n) is 5.02. The highest BCUT2D eigenvalue weighted by Gasteiger charge is 2.15. The van der Waals surface area contributed by atoms with Crippen LogP contribution in [0, 0.1) is 5.41 Å². The van der Waals surface area contributed by atoms with E-state index in [1.165, 1.54) is 0 Å². The van der Waals surface area contributed by atoms with Crippen molar-refractivity contribution in [3.63, 3.8) is 0 Å². The fourth-order valence-corrected chi connectivity index (χ4v) is 5.22. The van der Waals surface area contributed by atoms with Crippen LogP contribution in [0.2, 0.25) is 5.02 Å². The van der Waals surface area contributed by atoms with Gasteiger partial charge in [0, 0.05) is 27.5 Å². The van der Waals surface area contributed by atoms with Gasteiger partial charge in [-0.05, 0) is 71.8 Å². The van der Waals surface area contributed by atoms with Gasteiger partial charge >= 0.3 is 0 Å². The Kier molecular flexibility index (Phi) is 7.15. The quantitative estimate of drug-likeness (QED) is 0.212. The zero-order chi connectivity index (χ0) is 28.3. The molecular formula is C34H27ClN4O2.